The lowest BCUT2D eigenvalue weighted by atomic mass is 9.95. The molecular formula is C13H27NO3. The normalized spacial score (nSPS) is 17.4. The third-order valence-electron chi connectivity index (χ3n) is 2.82. The van der Waals surface area contributed by atoms with Crippen molar-refractivity contribution in [2.75, 3.05) is 6.61 Å². The lowest BCUT2D eigenvalue weighted by Gasteiger charge is -2.32. The summed E-state index contributed by atoms with van der Waals surface area (Å²) >= 11 is 0. The maximum Gasteiger partial charge on any atom is 0.325 e. The molecule has 0 saturated carbocycles. The average molecular weight is 245 g/mol. The highest BCUT2D eigenvalue weighted by molar-refractivity contribution is 5.80. The van der Waals surface area contributed by atoms with Crippen LogP contribution in [0.25, 0.3) is 0 Å². The van der Waals surface area contributed by atoms with Gasteiger partial charge in [0, 0.05) is 6.42 Å². The molecule has 0 aliphatic rings. The fraction of sp³-hybridized carbons (Fsp3) is 0.923. The Hall–Kier alpha value is -0.610. The van der Waals surface area contributed by atoms with Crippen molar-refractivity contribution in [1.82, 2.24) is 0 Å². The lowest BCUT2D eigenvalue weighted by molar-refractivity contribution is -0.152. The molecule has 0 aromatic rings. The zero-order valence-electron chi connectivity index (χ0n) is 12.0. The summed E-state index contributed by atoms with van der Waals surface area (Å²) in [5.74, 6) is -0.371. The van der Waals surface area contributed by atoms with Crippen molar-refractivity contribution in [2.24, 2.45) is 5.73 Å². The Kier molecular flexibility index (Phi) is 6.13. The molecule has 0 saturated heterocycles. The maximum atomic E-state index is 11.6. The van der Waals surface area contributed by atoms with E-state index in [9.17, 15) is 4.79 Å². The van der Waals surface area contributed by atoms with Gasteiger partial charge >= 0.3 is 5.97 Å². The first-order chi connectivity index (χ1) is 7.64. The van der Waals surface area contributed by atoms with E-state index < -0.39 is 5.54 Å². The van der Waals surface area contributed by atoms with Gasteiger partial charge in [0.05, 0.1) is 18.3 Å². The van der Waals surface area contributed by atoms with Crippen LogP contribution in [0.5, 0.6) is 0 Å². The van der Waals surface area contributed by atoms with E-state index in [1.165, 1.54) is 0 Å². The smallest absolute Gasteiger partial charge is 0.325 e. The summed E-state index contributed by atoms with van der Waals surface area (Å²) in [7, 11) is 0. The average Bonchev–Trinajstić information content (AvgIpc) is 2.16. The van der Waals surface area contributed by atoms with Gasteiger partial charge in [0.25, 0.3) is 0 Å². The summed E-state index contributed by atoms with van der Waals surface area (Å²) in [5, 5.41) is 0. The molecule has 0 rings (SSSR count). The first kappa shape index (κ1) is 16.4. The number of esters is 1. The SMILES string of the molecule is CCOC(=O)C(C)(N)CC(C)OC(C)(C)CC. The Morgan fingerprint density at radius 2 is 1.82 bits per heavy atom. The van der Waals surface area contributed by atoms with E-state index in [1.54, 1.807) is 13.8 Å². The van der Waals surface area contributed by atoms with E-state index >= 15 is 0 Å². The van der Waals surface area contributed by atoms with Gasteiger partial charge in [-0.1, -0.05) is 6.92 Å². The predicted molar refractivity (Wildman–Crippen MR) is 68.8 cm³/mol. The van der Waals surface area contributed by atoms with Crippen molar-refractivity contribution >= 4 is 5.97 Å². The molecule has 0 aliphatic carbocycles. The predicted octanol–water partition coefficient (Wildman–Crippen LogP) is 2.25. The van der Waals surface area contributed by atoms with Gasteiger partial charge in [-0.2, -0.15) is 0 Å². The van der Waals surface area contributed by atoms with E-state index in [0.29, 0.717) is 13.0 Å². The number of carbonyl (C=O) groups is 1. The Labute approximate surface area is 105 Å². The summed E-state index contributed by atoms with van der Waals surface area (Å²) in [5.41, 5.74) is 4.78. The molecule has 0 aromatic carbocycles. The van der Waals surface area contributed by atoms with Gasteiger partial charge in [0.2, 0.25) is 0 Å². The summed E-state index contributed by atoms with van der Waals surface area (Å²) in [6, 6.07) is 0. The fourth-order valence-electron chi connectivity index (χ4n) is 1.65. The highest BCUT2D eigenvalue weighted by atomic mass is 16.5. The van der Waals surface area contributed by atoms with Crippen molar-refractivity contribution in [3.05, 3.63) is 0 Å². The molecule has 4 heteroatoms. The Morgan fingerprint density at radius 1 is 1.29 bits per heavy atom. The molecule has 0 aliphatic heterocycles. The third-order valence-corrected chi connectivity index (χ3v) is 2.82. The van der Waals surface area contributed by atoms with Crippen molar-refractivity contribution < 1.29 is 14.3 Å². The molecule has 0 radical (unpaired) electrons. The Balaban J connectivity index is 4.36. The third kappa shape index (κ3) is 6.03. The van der Waals surface area contributed by atoms with E-state index in [4.69, 9.17) is 15.2 Å². The van der Waals surface area contributed by atoms with Crippen LogP contribution in [0.4, 0.5) is 0 Å². The fourth-order valence-corrected chi connectivity index (χ4v) is 1.65. The van der Waals surface area contributed by atoms with Crippen LogP contribution in [-0.2, 0) is 14.3 Å². The number of rotatable bonds is 7. The highest BCUT2D eigenvalue weighted by Crippen LogP contribution is 2.21. The molecule has 102 valence electrons. The standard InChI is InChI=1S/C13H27NO3/c1-7-12(4,5)17-10(3)9-13(6,14)11(15)16-8-2/h10H,7-9,14H2,1-6H3. The topological polar surface area (TPSA) is 61.5 Å². The molecule has 0 spiro atoms. The summed E-state index contributed by atoms with van der Waals surface area (Å²) in [6.07, 6.45) is 1.29. The van der Waals surface area contributed by atoms with Crippen LogP contribution in [0.3, 0.4) is 0 Å². The zero-order chi connectivity index (χ0) is 13.7. The molecule has 0 amide bonds. The summed E-state index contributed by atoms with van der Waals surface area (Å²) < 4.78 is 10.8. The molecule has 17 heavy (non-hydrogen) atoms. The second-order valence-electron chi connectivity index (χ2n) is 5.38. The number of nitrogens with two attached hydrogens (primary N) is 1. The van der Waals surface area contributed by atoms with Crippen molar-refractivity contribution in [3.8, 4) is 0 Å². The second kappa shape index (κ2) is 6.36. The lowest BCUT2D eigenvalue weighted by Crippen LogP contribution is -2.49. The minimum Gasteiger partial charge on any atom is -0.465 e. The van der Waals surface area contributed by atoms with Gasteiger partial charge in [-0.15, -0.1) is 0 Å². The van der Waals surface area contributed by atoms with Crippen molar-refractivity contribution in [3.63, 3.8) is 0 Å². The first-order valence-corrected chi connectivity index (χ1v) is 6.28. The number of carbonyl (C=O) groups excluding carboxylic acids is 1. The molecule has 0 bridgehead atoms. The second-order valence-corrected chi connectivity index (χ2v) is 5.38. The van der Waals surface area contributed by atoms with E-state index in [2.05, 4.69) is 6.92 Å². The molecule has 0 fully saturated rings. The van der Waals surface area contributed by atoms with Gasteiger partial charge in [0.15, 0.2) is 0 Å². The monoisotopic (exact) mass is 245 g/mol. The quantitative estimate of drug-likeness (QED) is 0.699. The van der Waals surface area contributed by atoms with Gasteiger partial charge in [0.1, 0.15) is 5.54 Å². The number of ether oxygens (including phenoxy) is 2. The van der Waals surface area contributed by atoms with Crippen molar-refractivity contribution in [2.45, 2.75) is 71.6 Å². The molecule has 0 aromatic heterocycles. The molecule has 2 N–H and O–H groups in total. The van der Waals surface area contributed by atoms with Crippen molar-refractivity contribution in [1.29, 1.82) is 0 Å². The van der Waals surface area contributed by atoms with E-state index in [0.717, 1.165) is 6.42 Å². The van der Waals surface area contributed by atoms with Crippen LogP contribution in [0.15, 0.2) is 0 Å². The van der Waals surface area contributed by atoms with Crippen LogP contribution in [0.1, 0.15) is 54.4 Å². The van der Waals surface area contributed by atoms with Gasteiger partial charge in [-0.25, -0.2) is 0 Å². The molecule has 4 nitrogen and oxygen atoms in total. The van der Waals surface area contributed by atoms with Gasteiger partial charge < -0.3 is 15.2 Å². The van der Waals surface area contributed by atoms with Crippen LogP contribution in [0, 0.1) is 0 Å². The summed E-state index contributed by atoms with van der Waals surface area (Å²) in [6.45, 7) is 11.9. The number of hydrogen-bond acceptors (Lipinski definition) is 4. The van der Waals surface area contributed by atoms with Crippen LogP contribution >= 0.6 is 0 Å². The zero-order valence-corrected chi connectivity index (χ0v) is 12.0. The first-order valence-electron chi connectivity index (χ1n) is 6.28. The molecule has 2 atom stereocenters. The Bertz CT molecular complexity index is 249. The van der Waals surface area contributed by atoms with Gasteiger partial charge in [-0.05, 0) is 41.0 Å². The maximum absolute atomic E-state index is 11.6. The van der Waals surface area contributed by atoms with Gasteiger partial charge in [-0.3, -0.25) is 4.79 Å². The molecule has 0 heterocycles. The minimum absolute atomic E-state index is 0.0793. The molecule has 2 unspecified atom stereocenters. The van der Waals surface area contributed by atoms with Crippen LogP contribution < -0.4 is 5.73 Å². The Morgan fingerprint density at radius 3 is 2.24 bits per heavy atom. The minimum atomic E-state index is -0.987. The van der Waals surface area contributed by atoms with Crippen LogP contribution in [-0.4, -0.2) is 29.8 Å². The number of hydrogen-bond donors (Lipinski definition) is 1. The van der Waals surface area contributed by atoms with E-state index in [-0.39, 0.29) is 17.7 Å². The van der Waals surface area contributed by atoms with E-state index in [1.807, 2.05) is 20.8 Å². The highest BCUT2D eigenvalue weighted by Gasteiger charge is 2.33. The summed E-state index contributed by atoms with van der Waals surface area (Å²) in [4.78, 5) is 11.6. The molecular weight excluding hydrogens is 218 g/mol. The van der Waals surface area contributed by atoms with Crippen LogP contribution in [0.2, 0.25) is 0 Å². The largest absolute Gasteiger partial charge is 0.465 e.